The molecule has 0 aliphatic carbocycles. The van der Waals surface area contributed by atoms with Crippen LogP contribution in [0, 0.1) is 0 Å². The molecule has 0 aliphatic heterocycles. The third kappa shape index (κ3) is 3.85. The first-order chi connectivity index (χ1) is 11.9. The molecule has 0 fully saturated rings. The van der Waals surface area contributed by atoms with Gasteiger partial charge in [0.2, 0.25) is 0 Å². The van der Waals surface area contributed by atoms with Gasteiger partial charge in [0.25, 0.3) is 5.91 Å². The Morgan fingerprint density at radius 2 is 1.92 bits per heavy atom. The van der Waals surface area contributed by atoms with Gasteiger partial charge in [0.15, 0.2) is 5.76 Å². The molecule has 0 bridgehead atoms. The molecule has 0 aliphatic rings. The van der Waals surface area contributed by atoms with Crippen molar-refractivity contribution >= 4 is 5.91 Å². The molecule has 1 aromatic carbocycles. The molecule has 0 unspecified atom stereocenters. The van der Waals surface area contributed by atoms with Crippen LogP contribution in [-0.2, 0) is 12.7 Å². The third-order valence-electron chi connectivity index (χ3n) is 3.42. The number of amides is 1. The lowest BCUT2D eigenvalue weighted by molar-refractivity contribution is -0.138. The lowest BCUT2D eigenvalue weighted by Gasteiger charge is -2.11. The van der Waals surface area contributed by atoms with Gasteiger partial charge in [-0.25, -0.2) is 0 Å². The number of benzene rings is 1. The minimum absolute atomic E-state index is 0.0850. The molecule has 0 saturated heterocycles. The van der Waals surface area contributed by atoms with E-state index in [1.54, 1.807) is 6.07 Å². The number of carbonyl (C=O) groups excluding carboxylic acids is 1. The number of halogens is 3. The first-order valence-electron chi connectivity index (χ1n) is 7.25. The van der Waals surface area contributed by atoms with Crippen molar-refractivity contribution in [2.75, 3.05) is 0 Å². The van der Waals surface area contributed by atoms with Crippen molar-refractivity contribution in [2.45, 2.75) is 12.7 Å². The van der Waals surface area contributed by atoms with Crippen LogP contribution in [0.3, 0.4) is 0 Å². The Kier molecular flexibility index (Phi) is 4.51. The zero-order valence-corrected chi connectivity index (χ0v) is 12.7. The number of nitrogens with one attached hydrogen (secondary N) is 1. The average Bonchev–Trinajstić information content (AvgIpc) is 3.09. The molecule has 0 atom stereocenters. The molecule has 128 valence electrons. The molecule has 1 N–H and O–H groups in total. The Morgan fingerprint density at radius 3 is 2.64 bits per heavy atom. The molecule has 25 heavy (non-hydrogen) atoms. The van der Waals surface area contributed by atoms with E-state index in [-0.39, 0.29) is 6.54 Å². The van der Waals surface area contributed by atoms with Crippen LogP contribution in [0.4, 0.5) is 13.2 Å². The maximum Gasteiger partial charge on any atom is 0.418 e. The van der Waals surface area contributed by atoms with E-state index in [0.717, 1.165) is 17.8 Å². The minimum Gasteiger partial charge on any atom is -0.359 e. The molecule has 1 amide bonds. The number of rotatable bonds is 4. The standard InChI is InChI=1S/C17H12F3N3O2/c18-17(19,20)14-10-21-7-6-13(14)16(24)22-9-12-8-15(23-25-12)11-4-2-1-3-5-11/h1-8,10H,9H2,(H,22,24). The van der Waals surface area contributed by atoms with E-state index in [0.29, 0.717) is 17.7 Å². The Hall–Kier alpha value is -3.16. The second-order valence-corrected chi connectivity index (χ2v) is 5.15. The summed E-state index contributed by atoms with van der Waals surface area (Å²) in [7, 11) is 0. The monoisotopic (exact) mass is 347 g/mol. The lowest BCUT2D eigenvalue weighted by Crippen LogP contribution is -2.25. The molecule has 3 aromatic rings. The molecule has 3 rings (SSSR count). The summed E-state index contributed by atoms with van der Waals surface area (Å²) in [4.78, 5) is 15.5. The number of nitrogens with zero attached hydrogens (tertiary/aromatic N) is 2. The third-order valence-corrected chi connectivity index (χ3v) is 3.42. The molecule has 0 radical (unpaired) electrons. The van der Waals surface area contributed by atoms with Crippen LogP contribution in [0.25, 0.3) is 11.3 Å². The van der Waals surface area contributed by atoms with E-state index in [9.17, 15) is 18.0 Å². The maximum absolute atomic E-state index is 12.9. The van der Waals surface area contributed by atoms with Crippen molar-refractivity contribution in [1.82, 2.24) is 15.5 Å². The fourth-order valence-corrected chi connectivity index (χ4v) is 2.22. The largest absolute Gasteiger partial charge is 0.418 e. The van der Waals surface area contributed by atoms with Gasteiger partial charge in [-0.2, -0.15) is 13.2 Å². The molecule has 8 heteroatoms. The average molecular weight is 347 g/mol. The van der Waals surface area contributed by atoms with Crippen LogP contribution in [0.2, 0.25) is 0 Å². The highest BCUT2D eigenvalue weighted by Crippen LogP contribution is 2.31. The summed E-state index contributed by atoms with van der Waals surface area (Å²) >= 11 is 0. The summed E-state index contributed by atoms with van der Waals surface area (Å²) in [6, 6.07) is 11.9. The summed E-state index contributed by atoms with van der Waals surface area (Å²) in [5.74, 6) is -0.540. The van der Waals surface area contributed by atoms with Crippen LogP contribution in [-0.4, -0.2) is 16.0 Å². The molecular formula is C17H12F3N3O2. The number of hydrogen-bond acceptors (Lipinski definition) is 4. The van der Waals surface area contributed by atoms with Gasteiger partial charge in [-0.15, -0.1) is 0 Å². The second-order valence-electron chi connectivity index (χ2n) is 5.15. The molecular weight excluding hydrogens is 335 g/mol. The molecule has 0 saturated carbocycles. The van der Waals surface area contributed by atoms with E-state index in [4.69, 9.17) is 4.52 Å². The lowest BCUT2D eigenvalue weighted by atomic mass is 10.1. The minimum atomic E-state index is -4.66. The highest BCUT2D eigenvalue weighted by Gasteiger charge is 2.35. The highest BCUT2D eigenvalue weighted by atomic mass is 19.4. The summed E-state index contributed by atoms with van der Waals surface area (Å²) in [5.41, 5.74) is -0.178. The van der Waals surface area contributed by atoms with Crippen molar-refractivity contribution < 1.29 is 22.5 Å². The molecule has 2 aromatic heterocycles. The van der Waals surface area contributed by atoms with Crippen LogP contribution in [0.5, 0.6) is 0 Å². The quantitative estimate of drug-likeness (QED) is 0.782. The van der Waals surface area contributed by atoms with Gasteiger partial charge in [0.1, 0.15) is 5.69 Å². The predicted molar refractivity (Wildman–Crippen MR) is 82.3 cm³/mol. The van der Waals surface area contributed by atoms with Crippen molar-refractivity contribution in [3.05, 3.63) is 71.7 Å². The van der Waals surface area contributed by atoms with Crippen LogP contribution >= 0.6 is 0 Å². The number of hydrogen-bond donors (Lipinski definition) is 1. The zero-order valence-electron chi connectivity index (χ0n) is 12.7. The Morgan fingerprint density at radius 1 is 1.16 bits per heavy atom. The van der Waals surface area contributed by atoms with E-state index < -0.39 is 23.2 Å². The van der Waals surface area contributed by atoms with Gasteiger partial charge in [-0.3, -0.25) is 9.78 Å². The second kappa shape index (κ2) is 6.76. The Labute approximate surface area is 140 Å². The molecule has 0 spiro atoms. The van der Waals surface area contributed by atoms with Gasteiger partial charge in [-0.05, 0) is 6.07 Å². The zero-order chi connectivity index (χ0) is 17.9. The highest BCUT2D eigenvalue weighted by molar-refractivity contribution is 5.95. The predicted octanol–water partition coefficient (Wildman–Crippen LogP) is 3.69. The normalized spacial score (nSPS) is 11.3. The number of carbonyl (C=O) groups is 1. The van der Waals surface area contributed by atoms with E-state index in [2.05, 4.69) is 15.5 Å². The number of pyridine rings is 1. The van der Waals surface area contributed by atoms with E-state index >= 15 is 0 Å². The van der Waals surface area contributed by atoms with Crippen molar-refractivity contribution in [3.63, 3.8) is 0 Å². The summed E-state index contributed by atoms with van der Waals surface area (Å²) in [5, 5.41) is 6.27. The summed E-state index contributed by atoms with van der Waals surface area (Å²) in [6.45, 7) is -0.0850. The summed E-state index contributed by atoms with van der Waals surface area (Å²) < 4.78 is 43.8. The molecule has 5 nitrogen and oxygen atoms in total. The maximum atomic E-state index is 12.9. The van der Waals surface area contributed by atoms with Crippen LogP contribution in [0.1, 0.15) is 21.7 Å². The fourth-order valence-electron chi connectivity index (χ4n) is 2.22. The first kappa shape index (κ1) is 16.7. The van der Waals surface area contributed by atoms with Crippen LogP contribution in [0.15, 0.2) is 59.4 Å². The smallest absolute Gasteiger partial charge is 0.359 e. The van der Waals surface area contributed by atoms with E-state index in [1.165, 1.54) is 0 Å². The van der Waals surface area contributed by atoms with Gasteiger partial charge >= 0.3 is 6.18 Å². The van der Waals surface area contributed by atoms with Crippen molar-refractivity contribution in [3.8, 4) is 11.3 Å². The van der Waals surface area contributed by atoms with Gasteiger partial charge < -0.3 is 9.84 Å². The van der Waals surface area contributed by atoms with Crippen LogP contribution < -0.4 is 5.32 Å². The first-order valence-corrected chi connectivity index (χ1v) is 7.25. The fraction of sp³-hybridized carbons (Fsp3) is 0.118. The SMILES string of the molecule is O=C(NCc1cc(-c2ccccc2)no1)c1ccncc1C(F)(F)F. The number of alkyl halides is 3. The Bertz CT molecular complexity index is 876. The van der Waals surface area contributed by atoms with Gasteiger partial charge in [0.05, 0.1) is 17.7 Å². The van der Waals surface area contributed by atoms with Gasteiger partial charge in [0, 0.05) is 24.0 Å². The Balaban J connectivity index is 1.71. The van der Waals surface area contributed by atoms with Crippen molar-refractivity contribution in [2.24, 2.45) is 0 Å². The molecule has 2 heterocycles. The summed E-state index contributed by atoms with van der Waals surface area (Å²) in [6.07, 6.45) is -2.91. The van der Waals surface area contributed by atoms with Crippen molar-refractivity contribution in [1.29, 1.82) is 0 Å². The number of aromatic nitrogens is 2. The van der Waals surface area contributed by atoms with E-state index in [1.807, 2.05) is 30.3 Å². The topological polar surface area (TPSA) is 68.0 Å². The van der Waals surface area contributed by atoms with Gasteiger partial charge in [-0.1, -0.05) is 35.5 Å².